The average Bonchev–Trinajstić information content (AvgIpc) is 2.47. The third-order valence-electron chi connectivity index (χ3n) is 4.16. The fourth-order valence-electron chi connectivity index (χ4n) is 2.85. The molecule has 2 aromatic carbocycles. The average molecular weight is 288 g/mol. The molecule has 1 aliphatic rings. The van der Waals surface area contributed by atoms with Gasteiger partial charge in [0.15, 0.2) is 0 Å². The predicted octanol–water partition coefficient (Wildman–Crippen LogP) is 3.97. The molecule has 0 aliphatic carbocycles. The molecule has 2 nitrogen and oxygen atoms in total. The summed E-state index contributed by atoms with van der Waals surface area (Å²) in [5, 5.41) is 15.1. The zero-order valence-electron chi connectivity index (χ0n) is 11.4. The van der Waals surface area contributed by atoms with Crippen LogP contribution in [0.5, 0.6) is 0 Å². The summed E-state index contributed by atoms with van der Waals surface area (Å²) in [6.45, 7) is 1.86. The number of hydrogen-bond donors (Lipinski definition) is 2. The van der Waals surface area contributed by atoms with Gasteiger partial charge in [-0.25, -0.2) is 0 Å². The fraction of sp³-hybridized carbons (Fsp3) is 0.294. The van der Waals surface area contributed by atoms with Crippen LogP contribution in [-0.2, 0) is 12.0 Å². The summed E-state index contributed by atoms with van der Waals surface area (Å²) in [6.07, 6.45) is 1.89. The number of benzene rings is 2. The van der Waals surface area contributed by atoms with Crippen LogP contribution in [0.4, 0.5) is 5.69 Å². The Morgan fingerprint density at radius 3 is 2.60 bits per heavy atom. The van der Waals surface area contributed by atoms with E-state index < -0.39 is 5.60 Å². The lowest BCUT2D eigenvalue weighted by atomic mass is 9.82. The summed E-state index contributed by atoms with van der Waals surface area (Å²) in [7, 11) is 0. The number of para-hydroxylation sites is 1. The number of nitrogens with one attached hydrogen (secondary N) is 1. The minimum absolute atomic E-state index is 0.00132. The molecule has 1 aliphatic heterocycles. The van der Waals surface area contributed by atoms with E-state index in [1.165, 1.54) is 5.56 Å². The molecule has 104 valence electrons. The molecule has 0 saturated heterocycles. The van der Waals surface area contributed by atoms with Crippen molar-refractivity contribution in [3.8, 4) is 0 Å². The third-order valence-corrected chi connectivity index (χ3v) is 4.41. The van der Waals surface area contributed by atoms with Gasteiger partial charge in [-0.2, -0.15) is 0 Å². The zero-order chi connectivity index (χ0) is 14.2. The van der Waals surface area contributed by atoms with Crippen LogP contribution >= 0.6 is 11.6 Å². The van der Waals surface area contributed by atoms with Crippen LogP contribution in [0.2, 0.25) is 5.02 Å². The Morgan fingerprint density at radius 2 is 1.85 bits per heavy atom. The smallest absolute Gasteiger partial charge is 0.107 e. The molecule has 2 N–H and O–H groups in total. The molecule has 20 heavy (non-hydrogen) atoms. The Kier molecular flexibility index (Phi) is 3.45. The van der Waals surface area contributed by atoms with Crippen molar-refractivity contribution in [3.05, 3.63) is 64.7 Å². The number of fused-ring (bicyclic) bond motifs is 1. The molecule has 0 bridgehead atoms. The monoisotopic (exact) mass is 287 g/mol. The zero-order valence-corrected chi connectivity index (χ0v) is 12.2. The summed E-state index contributed by atoms with van der Waals surface area (Å²) in [6, 6.07) is 15.7. The van der Waals surface area contributed by atoms with E-state index in [1.807, 2.05) is 37.3 Å². The predicted molar refractivity (Wildman–Crippen MR) is 83.2 cm³/mol. The lowest BCUT2D eigenvalue weighted by Gasteiger charge is -2.38. The normalized spacial score (nSPS) is 20.6. The second kappa shape index (κ2) is 5.12. The molecule has 0 spiro atoms. The van der Waals surface area contributed by atoms with Gasteiger partial charge in [-0.15, -0.1) is 0 Å². The molecular weight excluding hydrogens is 270 g/mol. The van der Waals surface area contributed by atoms with E-state index in [4.69, 9.17) is 11.6 Å². The lowest BCUT2D eigenvalue weighted by Crippen LogP contribution is -2.44. The maximum atomic E-state index is 10.9. The number of anilines is 1. The minimum Gasteiger partial charge on any atom is -0.383 e. The van der Waals surface area contributed by atoms with E-state index in [9.17, 15) is 5.11 Å². The van der Waals surface area contributed by atoms with E-state index in [0.29, 0.717) is 5.02 Å². The Bertz CT molecular complexity index is 607. The summed E-state index contributed by atoms with van der Waals surface area (Å²) in [4.78, 5) is 0. The highest BCUT2D eigenvalue weighted by atomic mass is 35.5. The van der Waals surface area contributed by atoms with E-state index in [-0.39, 0.29) is 6.04 Å². The highest BCUT2D eigenvalue weighted by Gasteiger charge is 2.35. The largest absolute Gasteiger partial charge is 0.383 e. The van der Waals surface area contributed by atoms with Crippen LogP contribution < -0.4 is 5.32 Å². The van der Waals surface area contributed by atoms with Crippen molar-refractivity contribution in [1.82, 2.24) is 0 Å². The molecule has 0 amide bonds. The number of aliphatic hydroxyl groups is 1. The molecule has 3 rings (SSSR count). The molecule has 1 heterocycles. The first-order valence-electron chi connectivity index (χ1n) is 6.90. The van der Waals surface area contributed by atoms with E-state index >= 15 is 0 Å². The first kappa shape index (κ1) is 13.5. The summed E-state index contributed by atoms with van der Waals surface area (Å²) >= 11 is 5.92. The van der Waals surface area contributed by atoms with Crippen molar-refractivity contribution in [3.63, 3.8) is 0 Å². The molecule has 0 radical (unpaired) electrons. The molecule has 2 aromatic rings. The van der Waals surface area contributed by atoms with E-state index in [1.54, 1.807) is 0 Å². The van der Waals surface area contributed by atoms with E-state index in [0.717, 1.165) is 24.1 Å². The SMILES string of the molecule is CC(O)(c1ccc(Cl)cc1)C1CCc2ccccc2N1. The first-order valence-corrected chi connectivity index (χ1v) is 7.28. The lowest BCUT2D eigenvalue weighted by molar-refractivity contribution is 0.0322. The molecule has 2 unspecified atom stereocenters. The molecule has 0 saturated carbocycles. The first-order chi connectivity index (χ1) is 9.57. The fourth-order valence-corrected chi connectivity index (χ4v) is 2.97. The maximum absolute atomic E-state index is 10.9. The molecule has 0 fully saturated rings. The van der Waals surface area contributed by atoms with Crippen LogP contribution in [-0.4, -0.2) is 11.1 Å². The molecule has 0 aromatic heterocycles. The Labute approximate surface area is 124 Å². The quantitative estimate of drug-likeness (QED) is 0.876. The van der Waals surface area contributed by atoms with Gasteiger partial charge < -0.3 is 10.4 Å². The van der Waals surface area contributed by atoms with Gasteiger partial charge in [0.25, 0.3) is 0 Å². The van der Waals surface area contributed by atoms with Crippen molar-refractivity contribution in [2.75, 3.05) is 5.32 Å². The summed E-state index contributed by atoms with van der Waals surface area (Å²) in [5.41, 5.74) is 2.41. The van der Waals surface area contributed by atoms with Crippen molar-refractivity contribution in [2.24, 2.45) is 0 Å². The van der Waals surface area contributed by atoms with Gasteiger partial charge in [0, 0.05) is 10.7 Å². The standard InChI is InChI=1S/C17H18ClNO/c1-17(20,13-7-9-14(18)10-8-13)16-11-6-12-4-2-3-5-15(12)19-16/h2-5,7-10,16,19-20H,6,11H2,1H3. The summed E-state index contributed by atoms with van der Waals surface area (Å²) < 4.78 is 0. The van der Waals surface area contributed by atoms with Crippen molar-refractivity contribution in [2.45, 2.75) is 31.4 Å². The van der Waals surface area contributed by atoms with Gasteiger partial charge in [-0.3, -0.25) is 0 Å². The van der Waals surface area contributed by atoms with Gasteiger partial charge in [0.2, 0.25) is 0 Å². The van der Waals surface area contributed by atoms with Gasteiger partial charge >= 0.3 is 0 Å². The van der Waals surface area contributed by atoms with Gasteiger partial charge in [-0.05, 0) is 49.1 Å². The topological polar surface area (TPSA) is 32.3 Å². The Hall–Kier alpha value is -1.51. The number of halogens is 1. The van der Waals surface area contributed by atoms with Crippen molar-refractivity contribution >= 4 is 17.3 Å². The molecule has 3 heteroatoms. The highest BCUT2D eigenvalue weighted by Crippen LogP contribution is 2.34. The van der Waals surface area contributed by atoms with Crippen LogP contribution in [0.25, 0.3) is 0 Å². The van der Waals surface area contributed by atoms with Crippen molar-refractivity contribution < 1.29 is 5.11 Å². The second-order valence-corrected chi connectivity index (χ2v) is 5.98. The van der Waals surface area contributed by atoms with Crippen molar-refractivity contribution in [1.29, 1.82) is 0 Å². The third kappa shape index (κ3) is 2.41. The molecule has 2 atom stereocenters. The summed E-state index contributed by atoms with van der Waals surface area (Å²) in [5.74, 6) is 0. The number of aryl methyl sites for hydroxylation is 1. The van der Waals surface area contributed by atoms with Crippen LogP contribution in [0.15, 0.2) is 48.5 Å². The maximum Gasteiger partial charge on any atom is 0.107 e. The van der Waals surface area contributed by atoms with Gasteiger partial charge in [0.05, 0.1) is 6.04 Å². The van der Waals surface area contributed by atoms with Crippen LogP contribution in [0.1, 0.15) is 24.5 Å². The number of hydrogen-bond acceptors (Lipinski definition) is 2. The van der Waals surface area contributed by atoms with Crippen LogP contribution in [0.3, 0.4) is 0 Å². The number of rotatable bonds is 2. The van der Waals surface area contributed by atoms with Crippen LogP contribution in [0, 0.1) is 0 Å². The van der Waals surface area contributed by atoms with E-state index in [2.05, 4.69) is 23.5 Å². The Balaban J connectivity index is 1.88. The minimum atomic E-state index is -0.919. The van der Waals surface area contributed by atoms with Gasteiger partial charge in [0.1, 0.15) is 5.60 Å². The van der Waals surface area contributed by atoms with Gasteiger partial charge in [-0.1, -0.05) is 41.9 Å². The second-order valence-electron chi connectivity index (χ2n) is 5.55. The Morgan fingerprint density at radius 1 is 1.15 bits per heavy atom. The molecular formula is C17H18ClNO. The highest BCUT2D eigenvalue weighted by molar-refractivity contribution is 6.30.